The second-order valence-corrected chi connectivity index (χ2v) is 15.5. The molecule has 2 aromatic carbocycles. The standard InChI is InChI=1S/C32H38BrN10O3P/c1-41-20-21(18-37-41)22-16-26(28(46-3)17-27(22)43-12-10-42(11-13-43)14-15-45-2)39-32-36-19-23(33)31(40-32)38-25-7-6-24-29(35-9-8-34-24)30(25)47(4,5)44/h6-9,16-20H,10-15H2,1-5H3,(H2,36,38,39,40)/i2D3. The predicted octanol–water partition coefficient (Wildman–Crippen LogP) is 5.10. The molecule has 0 amide bonds. The van der Waals surface area contributed by atoms with Gasteiger partial charge in [0.2, 0.25) is 5.95 Å². The van der Waals surface area contributed by atoms with E-state index < -0.39 is 14.2 Å². The highest BCUT2D eigenvalue weighted by molar-refractivity contribution is 9.10. The summed E-state index contributed by atoms with van der Waals surface area (Å²) in [6, 6.07) is 7.67. The smallest absolute Gasteiger partial charge is 0.229 e. The quantitative estimate of drug-likeness (QED) is 0.176. The highest BCUT2D eigenvalue weighted by atomic mass is 79.9. The van der Waals surface area contributed by atoms with Gasteiger partial charge in [0.15, 0.2) is 0 Å². The van der Waals surface area contributed by atoms with Gasteiger partial charge >= 0.3 is 0 Å². The largest absolute Gasteiger partial charge is 0.494 e. The third-order valence-electron chi connectivity index (χ3n) is 7.95. The van der Waals surface area contributed by atoms with Gasteiger partial charge < -0.3 is 29.6 Å². The maximum absolute atomic E-state index is 13.5. The Morgan fingerprint density at radius 3 is 2.57 bits per heavy atom. The zero-order chi connectivity index (χ0) is 35.6. The number of halogens is 1. The Bertz CT molecular complexity index is 2050. The molecule has 0 bridgehead atoms. The lowest BCUT2D eigenvalue weighted by Gasteiger charge is -2.37. The van der Waals surface area contributed by atoms with Gasteiger partial charge in [0, 0.05) is 94.5 Å². The molecule has 6 rings (SSSR count). The van der Waals surface area contributed by atoms with Crippen molar-refractivity contribution in [2.75, 3.05) is 82.3 Å². The number of piperazine rings is 1. The minimum absolute atomic E-state index is 0.150. The lowest BCUT2D eigenvalue weighted by molar-refractivity contribution is 0.144. The SMILES string of the molecule is [2H]C([2H])([2H])OCCN1CCN(c2cc(OC)c(Nc3ncc(Br)c(Nc4ccc5nccnc5c4P(C)(C)=O)n3)cc2-c2cnn(C)c2)CC1. The molecule has 2 N–H and O–H groups in total. The molecule has 4 heterocycles. The normalized spacial score (nSPS) is 15.3. The summed E-state index contributed by atoms with van der Waals surface area (Å²) in [5, 5.41) is 11.7. The molecule has 47 heavy (non-hydrogen) atoms. The number of anilines is 5. The Balaban J connectivity index is 1.29. The van der Waals surface area contributed by atoms with Gasteiger partial charge in [-0.3, -0.25) is 19.5 Å². The fourth-order valence-corrected chi connectivity index (χ4v) is 7.39. The lowest BCUT2D eigenvalue weighted by Crippen LogP contribution is -2.47. The summed E-state index contributed by atoms with van der Waals surface area (Å²) in [5.41, 5.74) is 5.35. The first kappa shape index (κ1) is 29.1. The molecule has 15 heteroatoms. The van der Waals surface area contributed by atoms with Crippen molar-refractivity contribution in [1.82, 2.24) is 34.6 Å². The van der Waals surface area contributed by atoms with Gasteiger partial charge in [-0.25, -0.2) is 4.98 Å². The number of aryl methyl sites for hydroxylation is 1. The van der Waals surface area contributed by atoms with E-state index in [1.165, 1.54) is 0 Å². The van der Waals surface area contributed by atoms with E-state index in [1.54, 1.807) is 43.7 Å². The van der Waals surface area contributed by atoms with Gasteiger partial charge in [-0.1, -0.05) is 0 Å². The van der Waals surface area contributed by atoms with Crippen molar-refractivity contribution in [3.63, 3.8) is 0 Å². The molecular weight excluding hydrogens is 683 g/mol. The summed E-state index contributed by atoms with van der Waals surface area (Å²) in [7, 11) is -1.69. The number of aromatic nitrogens is 6. The van der Waals surface area contributed by atoms with Crippen molar-refractivity contribution in [3.05, 3.63) is 59.7 Å². The van der Waals surface area contributed by atoms with Crippen molar-refractivity contribution in [1.29, 1.82) is 0 Å². The second kappa shape index (κ2) is 13.9. The number of hydrogen-bond donors (Lipinski definition) is 2. The van der Waals surface area contributed by atoms with Crippen LogP contribution in [0.4, 0.5) is 28.8 Å². The zero-order valence-electron chi connectivity index (χ0n) is 29.6. The maximum atomic E-state index is 13.5. The van der Waals surface area contributed by atoms with Crippen LogP contribution < -0.4 is 25.6 Å². The van der Waals surface area contributed by atoms with Crippen LogP contribution in [-0.4, -0.2) is 101 Å². The van der Waals surface area contributed by atoms with Crippen molar-refractivity contribution in [2.45, 2.75) is 0 Å². The number of nitrogens with one attached hydrogen (secondary N) is 2. The molecule has 0 spiro atoms. The van der Waals surface area contributed by atoms with Crippen LogP contribution in [0.3, 0.4) is 0 Å². The van der Waals surface area contributed by atoms with Crippen LogP contribution >= 0.6 is 23.1 Å². The van der Waals surface area contributed by atoms with Crippen LogP contribution in [0, 0.1) is 0 Å². The minimum Gasteiger partial charge on any atom is -0.494 e. The summed E-state index contributed by atoms with van der Waals surface area (Å²) in [6.45, 7) is 7.06. The zero-order valence-corrected chi connectivity index (χ0v) is 29.0. The molecule has 0 unspecified atom stereocenters. The van der Waals surface area contributed by atoms with Crippen molar-refractivity contribution < 1.29 is 18.2 Å². The van der Waals surface area contributed by atoms with E-state index in [9.17, 15) is 4.57 Å². The third kappa shape index (κ3) is 7.25. The second-order valence-electron chi connectivity index (χ2n) is 11.5. The monoisotopic (exact) mass is 723 g/mol. The number of ether oxygens (including phenoxy) is 2. The van der Waals surface area contributed by atoms with Crippen molar-refractivity contribution in [3.8, 4) is 16.9 Å². The molecule has 3 aromatic heterocycles. The summed E-state index contributed by atoms with van der Waals surface area (Å²) in [4.78, 5) is 22.6. The van der Waals surface area contributed by atoms with E-state index in [4.69, 9.17) is 18.6 Å². The highest BCUT2D eigenvalue weighted by Gasteiger charge is 2.24. The summed E-state index contributed by atoms with van der Waals surface area (Å²) >= 11 is 3.56. The Hall–Kier alpha value is -4.10. The van der Waals surface area contributed by atoms with Crippen molar-refractivity contribution in [2.24, 2.45) is 7.05 Å². The fourth-order valence-electron chi connectivity index (χ4n) is 5.71. The number of benzene rings is 2. The van der Waals surface area contributed by atoms with Gasteiger partial charge in [0.05, 0.1) is 50.7 Å². The van der Waals surface area contributed by atoms with Crippen molar-refractivity contribution >= 4 is 68.2 Å². The van der Waals surface area contributed by atoms with Crippen LogP contribution in [-0.2, 0) is 16.3 Å². The third-order valence-corrected chi connectivity index (χ3v) is 10.1. The average Bonchev–Trinajstić information content (AvgIpc) is 3.51. The van der Waals surface area contributed by atoms with Gasteiger partial charge in [0.25, 0.3) is 0 Å². The Labute approximate surface area is 286 Å². The van der Waals surface area contributed by atoms with E-state index in [2.05, 4.69) is 56.4 Å². The van der Waals surface area contributed by atoms with Crippen LogP contribution in [0.5, 0.6) is 5.75 Å². The molecule has 5 aromatic rings. The van der Waals surface area contributed by atoms with Gasteiger partial charge in [-0.15, -0.1) is 0 Å². The van der Waals surface area contributed by atoms with Gasteiger partial charge in [-0.05, 0) is 47.5 Å². The highest BCUT2D eigenvalue weighted by Crippen LogP contribution is 2.42. The van der Waals surface area contributed by atoms with Gasteiger partial charge in [0.1, 0.15) is 24.2 Å². The molecule has 1 aliphatic heterocycles. The molecule has 1 aliphatic rings. The molecule has 0 radical (unpaired) electrons. The van der Waals surface area contributed by atoms with E-state index >= 15 is 0 Å². The van der Waals surface area contributed by atoms with E-state index in [0.29, 0.717) is 56.2 Å². The van der Waals surface area contributed by atoms with Gasteiger partial charge in [-0.2, -0.15) is 10.1 Å². The first-order valence-corrected chi connectivity index (χ1v) is 18.4. The summed E-state index contributed by atoms with van der Waals surface area (Å²) in [6.07, 6.45) is 8.62. The number of fused-ring (bicyclic) bond motifs is 1. The number of nitrogens with zero attached hydrogens (tertiary/aromatic N) is 8. The first-order chi connectivity index (χ1) is 23.8. The Morgan fingerprint density at radius 2 is 1.85 bits per heavy atom. The van der Waals surface area contributed by atoms with Crippen LogP contribution in [0.2, 0.25) is 0 Å². The Morgan fingerprint density at radius 1 is 1.04 bits per heavy atom. The molecule has 0 saturated carbocycles. The molecular formula is C32H38BrN10O3P. The summed E-state index contributed by atoms with van der Waals surface area (Å²) < 4.78 is 48.5. The van der Waals surface area contributed by atoms with E-state index in [1.807, 2.05) is 43.7 Å². The van der Waals surface area contributed by atoms with Crippen LogP contribution in [0.15, 0.2) is 59.7 Å². The summed E-state index contributed by atoms with van der Waals surface area (Å²) in [5.74, 6) is 1.37. The van der Waals surface area contributed by atoms with Crippen LogP contribution in [0.1, 0.15) is 4.11 Å². The molecule has 13 nitrogen and oxygen atoms in total. The molecule has 1 saturated heterocycles. The molecule has 246 valence electrons. The average molecular weight is 725 g/mol. The van der Waals surface area contributed by atoms with Crippen LogP contribution in [0.25, 0.3) is 22.2 Å². The van der Waals surface area contributed by atoms with E-state index in [0.717, 1.165) is 43.0 Å². The fraction of sp³-hybridized carbons (Fsp3) is 0.344. The molecule has 1 fully saturated rings. The molecule has 0 atom stereocenters. The van der Waals surface area contributed by atoms with E-state index in [-0.39, 0.29) is 6.61 Å². The first-order valence-electron chi connectivity index (χ1n) is 16.5. The topological polar surface area (TPSA) is 135 Å². The predicted molar refractivity (Wildman–Crippen MR) is 191 cm³/mol. The number of methoxy groups -OCH3 is 2. The maximum Gasteiger partial charge on any atom is 0.229 e. The number of rotatable bonds is 11. The molecule has 0 aliphatic carbocycles. The minimum atomic E-state index is -2.79. The number of hydrogen-bond acceptors (Lipinski definition) is 12. The Kier molecular flexibility index (Phi) is 8.62. The lowest BCUT2D eigenvalue weighted by atomic mass is 10.0.